The normalized spacial score (nSPS) is 13.3. The molecule has 0 amide bonds. The van der Waals surface area contributed by atoms with Crippen molar-refractivity contribution in [2.24, 2.45) is 0 Å². The van der Waals surface area contributed by atoms with Gasteiger partial charge in [0.1, 0.15) is 5.75 Å². The van der Waals surface area contributed by atoms with Crippen LogP contribution in [0, 0.1) is 0 Å². The molecule has 0 aliphatic heterocycles. The fourth-order valence-electron chi connectivity index (χ4n) is 1.72. The SMILES string of the molecule is CCNC(COC(C)(C)C)c1cncc(OCC)c1. The van der Waals surface area contributed by atoms with Gasteiger partial charge in [-0.3, -0.25) is 4.98 Å². The van der Waals surface area contributed by atoms with Crippen molar-refractivity contribution in [2.75, 3.05) is 19.8 Å². The maximum Gasteiger partial charge on any atom is 0.137 e. The smallest absolute Gasteiger partial charge is 0.137 e. The van der Waals surface area contributed by atoms with Gasteiger partial charge < -0.3 is 14.8 Å². The second-order valence-electron chi connectivity index (χ2n) is 5.42. The number of nitrogens with one attached hydrogen (secondary N) is 1. The summed E-state index contributed by atoms with van der Waals surface area (Å²) in [6.07, 6.45) is 3.60. The van der Waals surface area contributed by atoms with E-state index in [1.807, 2.05) is 19.2 Å². The molecular formula is C15H26N2O2. The molecule has 1 N–H and O–H groups in total. The lowest BCUT2D eigenvalue weighted by molar-refractivity contribution is -0.0146. The molecule has 1 aromatic heterocycles. The molecule has 0 radical (unpaired) electrons. The van der Waals surface area contributed by atoms with Crippen LogP contribution in [0.25, 0.3) is 0 Å². The van der Waals surface area contributed by atoms with Crippen molar-refractivity contribution in [3.8, 4) is 5.75 Å². The fourth-order valence-corrected chi connectivity index (χ4v) is 1.72. The van der Waals surface area contributed by atoms with E-state index in [2.05, 4.69) is 38.0 Å². The zero-order valence-corrected chi connectivity index (χ0v) is 12.7. The van der Waals surface area contributed by atoms with Crippen LogP contribution in [-0.4, -0.2) is 30.3 Å². The number of hydrogen-bond acceptors (Lipinski definition) is 4. The molecule has 4 nitrogen and oxygen atoms in total. The standard InChI is InChI=1S/C15H26N2O2/c1-6-17-14(11-19-15(3,4)5)12-8-13(18-7-2)10-16-9-12/h8-10,14,17H,6-7,11H2,1-5H3. The largest absolute Gasteiger partial charge is 0.492 e. The van der Waals surface area contributed by atoms with Crippen molar-refractivity contribution >= 4 is 0 Å². The first-order valence-electron chi connectivity index (χ1n) is 6.91. The predicted molar refractivity (Wildman–Crippen MR) is 77.5 cm³/mol. The number of rotatable bonds is 7. The molecule has 0 spiro atoms. The second kappa shape index (κ2) is 7.46. The lowest BCUT2D eigenvalue weighted by atomic mass is 10.1. The van der Waals surface area contributed by atoms with Crippen LogP contribution in [0.5, 0.6) is 5.75 Å². The van der Waals surface area contributed by atoms with E-state index >= 15 is 0 Å². The number of aromatic nitrogens is 1. The molecule has 1 unspecified atom stereocenters. The molecule has 0 aromatic carbocycles. The molecule has 0 bridgehead atoms. The quantitative estimate of drug-likeness (QED) is 0.824. The van der Waals surface area contributed by atoms with E-state index in [4.69, 9.17) is 9.47 Å². The van der Waals surface area contributed by atoms with Crippen LogP contribution in [0.3, 0.4) is 0 Å². The van der Waals surface area contributed by atoms with Crippen LogP contribution in [0.1, 0.15) is 46.2 Å². The monoisotopic (exact) mass is 266 g/mol. The number of likely N-dealkylation sites (N-methyl/N-ethyl adjacent to an activating group) is 1. The third-order valence-electron chi connectivity index (χ3n) is 2.58. The molecule has 19 heavy (non-hydrogen) atoms. The summed E-state index contributed by atoms with van der Waals surface area (Å²) in [5, 5.41) is 3.42. The number of hydrogen-bond donors (Lipinski definition) is 1. The lowest BCUT2D eigenvalue weighted by Crippen LogP contribution is -2.30. The molecule has 0 aliphatic rings. The summed E-state index contributed by atoms with van der Waals surface area (Å²) in [6.45, 7) is 12.4. The Bertz CT molecular complexity index is 375. The summed E-state index contributed by atoms with van der Waals surface area (Å²) in [5.41, 5.74) is 0.954. The maximum atomic E-state index is 5.87. The Balaban J connectivity index is 2.76. The Kier molecular flexibility index (Phi) is 6.25. The average Bonchev–Trinajstić information content (AvgIpc) is 2.34. The van der Waals surface area contributed by atoms with Crippen LogP contribution >= 0.6 is 0 Å². The molecule has 1 atom stereocenters. The van der Waals surface area contributed by atoms with Gasteiger partial charge in [0.2, 0.25) is 0 Å². The summed E-state index contributed by atoms with van der Waals surface area (Å²) in [6, 6.07) is 2.16. The van der Waals surface area contributed by atoms with Gasteiger partial charge in [-0.25, -0.2) is 0 Å². The highest BCUT2D eigenvalue weighted by Gasteiger charge is 2.17. The van der Waals surface area contributed by atoms with Crippen LogP contribution < -0.4 is 10.1 Å². The third-order valence-corrected chi connectivity index (χ3v) is 2.58. The van der Waals surface area contributed by atoms with E-state index in [0.717, 1.165) is 17.9 Å². The maximum absolute atomic E-state index is 5.87. The molecule has 4 heteroatoms. The Morgan fingerprint density at radius 1 is 1.26 bits per heavy atom. The highest BCUT2D eigenvalue weighted by atomic mass is 16.5. The molecule has 0 fully saturated rings. The number of pyridine rings is 1. The van der Waals surface area contributed by atoms with Crippen molar-refractivity contribution in [2.45, 2.75) is 46.3 Å². The summed E-state index contributed by atoms with van der Waals surface area (Å²) in [7, 11) is 0. The predicted octanol–water partition coefficient (Wildman–Crippen LogP) is 2.95. The summed E-state index contributed by atoms with van der Waals surface area (Å²) in [5.74, 6) is 0.804. The molecular weight excluding hydrogens is 240 g/mol. The molecule has 0 aliphatic carbocycles. The first-order valence-corrected chi connectivity index (χ1v) is 6.91. The van der Waals surface area contributed by atoms with Gasteiger partial charge in [0.05, 0.1) is 31.1 Å². The van der Waals surface area contributed by atoms with Crippen molar-refractivity contribution in [1.29, 1.82) is 0 Å². The van der Waals surface area contributed by atoms with E-state index in [1.54, 1.807) is 6.20 Å². The zero-order chi connectivity index (χ0) is 14.3. The Hall–Kier alpha value is -1.13. The highest BCUT2D eigenvalue weighted by Crippen LogP contribution is 2.20. The number of nitrogens with zero attached hydrogens (tertiary/aromatic N) is 1. The summed E-state index contributed by atoms with van der Waals surface area (Å²) >= 11 is 0. The van der Waals surface area contributed by atoms with Crippen LogP contribution in [0.4, 0.5) is 0 Å². The minimum absolute atomic E-state index is 0.136. The second-order valence-corrected chi connectivity index (χ2v) is 5.42. The topological polar surface area (TPSA) is 43.4 Å². The molecule has 1 aromatic rings. The summed E-state index contributed by atoms with van der Waals surface area (Å²) < 4.78 is 11.4. The van der Waals surface area contributed by atoms with E-state index in [1.165, 1.54) is 0 Å². The molecule has 1 rings (SSSR count). The van der Waals surface area contributed by atoms with Gasteiger partial charge in [-0.15, -0.1) is 0 Å². The number of ether oxygens (including phenoxy) is 2. The van der Waals surface area contributed by atoms with Gasteiger partial charge in [0.25, 0.3) is 0 Å². The lowest BCUT2D eigenvalue weighted by Gasteiger charge is -2.25. The highest BCUT2D eigenvalue weighted by molar-refractivity contribution is 5.26. The van der Waals surface area contributed by atoms with Crippen molar-refractivity contribution < 1.29 is 9.47 Å². The Morgan fingerprint density at radius 2 is 2.00 bits per heavy atom. The molecule has 0 saturated carbocycles. The van der Waals surface area contributed by atoms with Gasteiger partial charge in [-0.2, -0.15) is 0 Å². The van der Waals surface area contributed by atoms with Crippen molar-refractivity contribution in [3.05, 3.63) is 24.0 Å². The zero-order valence-electron chi connectivity index (χ0n) is 12.7. The first kappa shape index (κ1) is 15.9. The van der Waals surface area contributed by atoms with E-state index in [0.29, 0.717) is 13.2 Å². The van der Waals surface area contributed by atoms with Crippen molar-refractivity contribution in [3.63, 3.8) is 0 Å². The van der Waals surface area contributed by atoms with Gasteiger partial charge in [-0.1, -0.05) is 6.92 Å². The van der Waals surface area contributed by atoms with E-state index < -0.39 is 0 Å². The minimum atomic E-state index is -0.140. The van der Waals surface area contributed by atoms with Gasteiger partial charge in [-0.05, 0) is 45.9 Å². The Morgan fingerprint density at radius 3 is 2.58 bits per heavy atom. The van der Waals surface area contributed by atoms with Crippen LogP contribution in [-0.2, 0) is 4.74 Å². The summed E-state index contributed by atoms with van der Waals surface area (Å²) in [4.78, 5) is 4.23. The molecule has 1 heterocycles. The van der Waals surface area contributed by atoms with Gasteiger partial charge >= 0.3 is 0 Å². The van der Waals surface area contributed by atoms with E-state index in [-0.39, 0.29) is 11.6 Å². The van der Waals surface area contributed by atoms with Crippen LogP contribution in [0.15, 0.2) is 18.5 Å². The average molecular weight is 266 g/mol. The fraction of sp³-hybridized carbons (Fsp3) is 0.667. The van der Waals surface area contributed by atoms with E-state index in [9.17, 15) is 0 Å². The third kappa shape index (κ3) is 6.03. The van der Waals surface area contributed by atoms with Crippen molar-refractivity contribution in [1.82, 2.24) is 10.3 Å². The molecule has 108 valence electrons. The Labute approximate surface area is 116 Å². The van der Waals surface area contributed by atoms with Gasteiger partial charge in [0.15, 0.2) is 0 Å². The molecule has 0 saturated heterocycles. The van der Waals surface area contributed by atoms with Crippen LogP contribution in [0.2, 0.25) is 0 Å². The minimum Gasteiger partial charge on any atom is -0.492 e. The first-order chi connectivity index (χ1) is 8.96. The van der Waals surface area contributed by atoms with Gasteiger partial charge in [0, 0.05) is 6.20 Å².